The topological polar surface area (TPSA) is 42.2 Å². The van der Waals surface area contributed by atoms with E-state index in [-0.39, 0.29) is 11.2 Å². The first-order valence-electron chi connectivity index (χ1n) is 10.6. The maximum Gasteiger partial charge on any atom is 0.182 e. The van der Waals surface area contributed by atoms with Crippen LogP contribution in [0.5, 0.6) is 5.75 Å². The van der Waals surface area contributed by atoms with Crippen LogP contribution in [0, 0.1) is 6.92 Å². The number of hydrogen-bond donors (Lipinski definition) is 1. The van der Waals surface area contributed by atoms with E-state index in [1.165, 1.54) is 57.8 Å². The number of hydrogen-bond acceptors (Lipinski definition) is 2. The molecule has 0 aliphatic heterocycles. The molecule has 0 spiro atoms. The van der Waals surface area contributed by atoms with Crippen molar-refractivity contribution in [3.05, 3.63) is 52.3 Å². The van der Waals surface area contributed by atoms with Gasteiger partial charge in [-0.2, -0.15) is 0 Å². The molecule has 0 atom stereocenters. The zero-order valence-corrected chi connectivity index (χ0v) is 17.0. The summed E-state index contributed by atoms with van der Waals surface area (Å²) < 4.78 is 2.15. The van der Waals surface area contributed by atoms with E-state index >= 15 is 0 Å². The van der Waals surface area contributed by atoms with Gasteiger partial charge in [0, 0.05) is 36.0 Å². The van der Waals surface area contributed by atoms with E-state index in [1.807, 2.05) is 25.3 Å². The third-order valence-electron chi connectivity index (χ3n) is 5.34. The van der Waals surface area contributed by atoms with Crippen molar-refractivity contribution < 1.29 is 5.11 Å². The van der Waals surface area contributed by atoms with E-state index in [0.717, 1.165) is 29.8 Å². The molecule has 1 aromatic heterocycles. The summed E-state index contributed by atoms with van der Waals surface area (Å²) in [6, 6.07) is 8.79. The summed E-state index contributed by atoms with van der Waals surface area (Å²) in [5.74, 6) is 0.272. The van der Waals surface area contributed by atoms with Crippen molar-refractivity contribution >= 4 is 0 Å². The number of phenols is 1. The van der Waals surface area contributed by atoms with Crippen molar-refractivity contribution in [2.24, 2.45) is 0 Å². The van der Waals surface area contributed by atoms with Crippen LogP contribution in [0.15, 0.2) is 41.3 Å². The monoisotopic (exact) mass is 369 g/mol. The van der Waals surface area contributed by atoms with Crippen LogP contribution < -0.4 is 5.43 Å². The molecule has 0 aliphatic carbocycles. The Morgan fingerprint density at radius 2 is 1.52 bits per heavy atom. The number of rotatable bonds is 12. The summed E-state index contributed by atoms with van der Waals surface area (Å²) in [6.45, 7) is 5.06. The summed E-state index contributed by atoms with van der Waals surface area (Å²) in [7, 11) is 0. The molecule has 2 rings (SSSR count). The van der Waals surface area contributed by atoms with Gasteiger partial charge >= 0.3 is 0 Å². The minimum Gasteiger partial charge on any atom is -0.508 e. The molecule has 2 aromatic rings. The van der Waals surface area contributed by atoms with Crippen molar-refractivity contribution in [1.29, 1.82) is 0 Å². The average molecular weight is 370 g/mol. The SMILES string of the molecule is CCCCCCCCCCCCn1ccc(=O)cc1-c1cccc(O)c1C. The largest absolute Gasteiger partial charge is 0.508 e. The van der Waals surface area contributed by atoms with Gasteiger partial charge in [-0.15, -0.1) is 0 Å². The van der Waals surface area contributed by atoms with Gasteiger partial charge in [0.25, 0.3) is 0 Å². The number of phenolic OH excluding ortho intramolecular Hbond substituents is 1. The predicted molar refractivity (Wildman–Crippen MR) is 114 cm³/mol. The predicted octanol–water partition coefficient (Wildman–Crippen LogP) is 6.45. The van der Waals surface area contributed by atoms with E-state index in [1.54, 1.807) is 18.2 Å². The zero-order chi connectivity index (χ0) is 19.5. The molecule has 1 aromatic carbocycles. The number of nitrogens with zero attached hydrogens (tertiary/aromatic N) is 1. The fourth-order valence-electron chi connectivity index (χ4n) is 3.61. The second kappa shape index (κ2) is 11.6. The lowest BCUT2D eigenvalue weighted by molar-refractivity contribution is 0.471. The molecular formula is C24H35NO2. The molecule has 0 radical (unpaired) electrons. The Bertz CT molecular complexity index is 748. The van der Waals surface area contributed by atoms with Crippen molar-refractivity contribution in [3.63, 3.8) is 0 Å². The molecule has 27 heavy (non-hydrogen) atoms. The van der Waals surface area contributed by atoms with Crippen LogP contribution in [-0.4, -0.2) is 9.67 Å². The number of aromatic nitrogens is 1. The number of benzene rings is 1. The summed E-state index contributed by atoms with van der Waals surface area (Å²) in [6.07, 6.45) is 15.0. The molecule has 3 heteroatoms. The Kier molecular flexibility index (Phi) is 9.17. The molecule has 0 saturated heterocycles. The molecule has 148 valence electrons. The lowest BCUT2D eigenvalue weighted by Crippen LogP contribution is -2.09. The maximum absolute atomic E-state index is 11.9. The van der Waals surface area contributed by atoms with Crippen molar-refractivity contribution in [1.82, 2.24) is 4.57 Å². The molecule has 3 nitrogen and oxygen atoms in total. The first kappa shape index (κ1) is 21.3. The smallest absolute Gasteiger partial charge is 0.182 e. The molecule has 1 N–H and O–H groups in total. The number of pyridine rings is 1. The Morgan fingerprint density at radius 1 is 0.889 bits per heavy atom. The quantitative estimate of drug-likeness (QED) is 0.437. The van der Waals surface area contributed by atoms with E-state index in [9.17, 15) is 9.90 Å². The number of aryl methyl sites for hydroxylation is 1. The highest BCUT2D eigenvalue weighted by Crippen LogP contribution is 2.28. The van der Waals surface area contributed by atoms with Crippen molar-refractivity contribution in [3.8, 4) is 17.0 Å². The van der Waals surface area contributed by atoms with Crippen LogP contribution in [0.3, 0.4) is 0 Å². The van der Waals surface area contributed by atoms with Crippen LogP contribution >= 0.6 is 0 Å². The normalized spacial score (nSPS) is 11.0. The minimum absolute atomic E-state index is 0.00654. The van der Waals surface area contributed by atoms with Crippen LogP contribution in [0.1, 0.15) is 76.7 Å². The van der Waals surface area contributed by atoms with Crippen molar-refractivity contribution in [2.75, 3.05) is 0 Å². The van der Waals surface area contributed by atoms with Gasteiger partial charge < -0.3 is 9.67 Å². The second-order valence-corrected chi connectivity index (χ2v) is 7.57. The summed E-state index contributed by atoms with van der Waals surface area (Å²) in [5, 5.41) is 10.00. The summed E-state index contributed by atoms with van der Waals surface area (Å²) >= 11 is 0. The molecule has 0 bridgehead atoms. The lowest BCUT2D eigenvalue weighted by atomic mass is 10.0. The molecule has 0 aliphatic rings. The van der Waals surface area contributed by atoms with Gasteiger partial charge in [-0.1, -0.05) is 76.8 Å². The first-order chi connectivity index (χ1) is 13.1. The van der Waals surface area contributed by atoms with E-state index in [4.69, 9.17) is 0 Å². The minimum atomic E-state index is 0.00654. The Morgan fingerprint density at radius 3 is 2.19 bits per heavy atom. The van der Waals surface area contributed by atoms with Gasteiger partial charge in [-0.3, -0.25) is 4.79 Å². The summed E-state index contributed by atoms with van der Waals surface area (Å²) in [5.41, 5.74) is 2.65. The van der Waals surface area contributed by atoms with Crippen molar-refractivity contribution in [2.45, 2.75) is 84.6 Å². The molecule has 0 saturated carbocycles. The highest BCUT2D eigenvalue weighted by atomic mass is 16.3. The Hall–Kier alpha value is -2.03. The third-order valence-corrected chi connectivity index (χ3v) is 5.34. The Labute approximate surface area is 164 Å². The molecule has 0 unspecified atom stereocenters. The fraction of sp³-hybridized carbons (Fsp3) is 0.542. The molecule has 0 amide bonds. The van der Waals surface area contributed by atoms with E-state index in [2.05, 4.69) is 11.5 Å². The van der Waals surface area contributed by atoms with E-state index in [0.29, 0.717) is 0 Å². The molecule has 0 fully saturated rings. The summed E-state index contributed by atoms with van der Waals surface area (Å²) in [4.78, 5) is 11.9. The van der Waals surface area contributed by atoms with Gasteiger partial charge in [0.05, 0.1) is 5.69 Å². The van der Waals surface area contributed by atoms with Gasteiger partial charge in [-0.25, -0.2) is 0 Å². The van der Waals surface area contributed by atoms with Crippen LogP contribution in [0.2, 0.25) is 0 Å². The fourth-order valence-corrected chi connectivity index (χ4v) is 3.61. The molecule has 1 heterocycles. The number of aromatic hydroxyl groups is 1. The van der Waals surface area contributed by atoms with Gasteiger partial charge in [0.15, 0.2) is 5.43 Å². The maximum atomic E-state index is 11.9. The van der Waals surface area contributed by atoms with Gasteiger partial charge in [0.2, 0.25) is 0 Å². The van der Waals surface area contributed by atoms with Gasteiger partial charge in [0.1, 0.15) is 5.75 Å². The zero-order valence-electron chi connectivity index (χ0n) is 17.0. The van der Waals surface area contributed by atoms with E-state index < -0.39 is 0 Å². The Balaban J connectivity index is 1.84. The average Bonchev–Trinajstić information content (AvgIpc) is 2.66. The second-order valence-electron chi connectivity index (χ2n) is 7.57. The number of unbranched alkanes of at least 4 members (excludes halogenated alkanes) is 9. The standard InChI is InChI=1S/C24H35NO2/c1-3-4-5-6-7-8-9-10-11-12-17-25-18-16-21(26)19-23(25)22-14-13-15-24(27)20(22)2/h13-16,18-19,27H,3-12,17H2,1-2H3. The highest BCUT2D eigenvalue weighted by Gasteiger charge is 2.09. The van der Waals surface area contributed by atoms with Gasteiger partial charge in [-0.05, 0) is 19.4 Å². The van der Waals surface area contributed by atoms with Crippen LogP contribution in [0.4, 0.5) is 0 Å². The first-order valence-corrected chi connectivity index (χ1v) is 10.6. The molecular weight excluding hydrogens is 334 g/mol. The lowest BCUT2D eigenvalue weighted by Gasteiger charge is -2.15. The third kappa shape index (κ3) is 6.89. The van der Waals surface area contributed by atoms with Crippen LogP contribution in [-0.2, 0) is 6.54 Å². The van der Waals surface area contributed by atoms with Crippen LogP contribution in [0.25, 0.3) is 11.3 Å². The highest BCUT2D eigenvalue weighted by molar-refractivity contribution is 5.66.